The summed E-state index contributed by atoms with van der Waals surface area (Å²) >= 11 is 0. The normalized spacial score (nSPS) is 15.2. The lowest BCUT2D eigenvalue weighted by molar-refractivity contribution is 0.0742. The summed E-state index contributed by atoms with van der Waals surface area (Å²) in [6, 6.07) is 0. The molecule has 1 aromatic rings. The number of aldehydes is 1. The number of amides is 1. The summed E-state index contributed by atoms with van der Waals surface area (Å²) in [5, 5.41) is 0. The molecule has 1 aliphatic heterocycles. The number of aromatic amines is 1. The van der Waals surface area contributed by atoms with E-state index in [0.29, 0.717) is 11.3 Å². The summed E-state index contributed by atoms with van der Waals surface area (Å²) in [5.74, 6) is 0.0662. The zero-order valence-corrected chi connectivity index (χ0v) is 13.2. The van der Waals surface area contributed by atoms with Gasteiger partial charge in [0.05, 0.1) is 11.3 Å². The molecule has 0 saturated heterocycles. The molecule has 21 heavy (non-hydrogen) atoms. The Kier molecular flexibility index (Phi) is 5.17. The molecule has 1 aliphatic rings. The largest absolute Gasteiger partial charge is 0.355 e. The molecule has 5 nitrogen and oxygen atoms in total. The average molecular weight is 291 g/mol. The van der Waals surface area contributed by atoms with E-state index in [9.17, 15) is 9.59 Å². The maximum atomic E-state index is 12.7. The highest BCUT2D eigenvalue weighted by atomic mass is 16.2. The van der Waals surface area contributed by atoms with Crippen LogP contribution in [0.3, 0.4) is 0 Å². The lowest BCUT2D eigenvalue weighted by atomic mass is 10.1. The van der Waals surface area contributed by atoms with Crippen molar-refractivity contribution in [2.45, 2.75) is 33.6 Å². The first-order chi connectivity index (χ1) is 10.1. The number of rotatable bonds is 6. The highest BCUT2D eigenvalue weighted by Gasteiger charge is 2.27. The third-order valence-electron chi connectivity index (χ3n) is 4.42. The van der Waals surface area contributed by atoms with Crippen LogP contribution in [0.25, 0.3) is 0 Å². The Labute approximate surface area is 126 Å². The molecular formula is C16H25N3O2. The molecule has 2 rings (SSSR count). The van der Waals surface area contributed by atoms with Crippen LogP contribution in [0.2, 0.25) is 0 Å². The number of aryl methyl sites for hydroxylation is 1. The Morgan fingerprint density at radius 2 is 2.05 bits per heavy atom. The van der Waals surface area contributed by atoms with Gasteiger partial charge in [0.2, 0.25) is 0 Å². The van der Waals surface area contributed by atoms with Gasteiger partial charge < -0.3 is 14.8 Å². The van der Waals surface area contributed by atoms with Crippen LogP contribution < -0.4 is 0 Å². The number of likely N-dealkylation sites (N-methyl/N-ethyl adjacent to an activating group) is 1. The van der Waals surface area contributed by atoms with Crippen molar-refractivity contribution in [1.82, 2.24) is 14.8 Å². The second-order valence-corrected chi connectivity index (χ2v) is 5.56. The van der Waals surface area contributed by atoms with Crippen LogP contribution in [0.15, 0.2) is 0 Å². The summed E-state index contributed by atoms with van der Waals surface area (Å²) in [6.45, 7) is 10.6. The fourth-order valence-corrected chi connectivity index (χ4v) is 3.00. The molecule has 1 amide bonds. The van der Waals surface area contributed by atoms with E-state index in [4.69, 9.17) is 0 Å². The minimum atomic E-state index is 0.0662. The molecule has 116 valence electrons. The quantitative estimate of drug-likeness (QED) is 0.814. The molecule has 0 atom stereocenters. The number of nitrogens with zero attached hydrogens (tertiary/aromatic N) is 2. The molecule has 0 fully saturated rings. The standard InChI is InChI=1S/C16H25N3O2/c1-4-18(5-2)9-10-19-8-6-7-13-15(16(19)21)12(3)14(11-20)17-13/h11,17H,4-10H2,1-3H3. The lowest BCUT2D eigenvalue weighted by Crippen LogP contribution is -2.38. The van der Waals surface area contributed by atoms with E-state index < -0.39 is 0 Å². The first-order valence-electron chi connectivity index (χ1n) is 7.80. The van der Waals surface area contributed by atoms with Gasteiger partial charge in [-0.05, 0) is 38.4 Å². The van der Waals surface area contributed by atoms with Crippen molar-refractivity contribution >= 4 is 12.2 Å². The van der Waals surface area contributed by atoms with Gasteiger partial charge in [-0.2, -0.15) is 0 Å². The smallest absolute Gasteiger partial charge is 0.256 e. The third-order valence-corrected chi connectivity index (χ3v) is 4.42. The Morgan fingerprint density at radius 3 is 2.67 bits per heavy atom. The number of H-pyrrole nitrogens is 1. The summed E-state index contributed by atoms with van der Waals surface area (Å²) in [6.07, 6.45) is 2.57. The van der Waals surface area contributed by atoms with Gasteiger partial charge in [0.25, 0.3) is 5.91 Å². The summed E-state index contributed by atoms with van der Waals surface area (Å²) in [4.78, 5) is 31.1. The molecule has 0 radical (unpaired) electrons. The van der Waals surface area contributed by atoms with Gasteiger partial charge in [0.15, 0.2) is 6.29 Å². The molecule has 1 N–H and O–H groups in total. The zero-order chi connectivity index (χ0) is 15.4. The Morgan fingerprint density at radius 1 is 1.33 bits per heavy atom. The molecule has 0 aromatic carbocycles. The Hall–Kier alpha value is -1.62. The van der Waals surface area contributed by atoms with Crippen molar-refractivity contribution in [3.05, 3.63) is 22.5 Å². The van der Waals surface area contributed by atoms with Crippen LogP contribution in [0, 0.1) is 6.92 Å². The van der Waals surface area contributed by atoms with Crippen LogP contribution in [-0.2, 0) is 6.42 Å². The second-order valence-electron chi connectivity index (χ2n) is 5.56. The Bertz CT molecular complexity index is 518. The van der Waals surface area contributed by atoms with Gasteiger partial charge in [0.1, 0.15) is 0 Å². The van der Waals surface area contributed by atoms with E-state index in [1.54, 1.807) is 0 Å². The molecular weight excluding hydrogens is 266 g/mol. The number of hydrogen-bond acceptors (Lipinski definition) is 3. The predicted octanol–water partition coefficient (Wildman–Crippen LogP) is 1.87. The minimum absolute atomic E-state index is 0.0662. The van der Waals surface area contributed by atoms with Gasteiger partial charge >= 0.3 is 0 Å². The molecule has 0 unspecified atom stereocenters. The van der Waals surface area contributed by atoms with E-state index in [0.717, 1.165) is 63.1 Å². The first kappa shape index (κ1) is 15.8. The predicted molar refractivity (Wildman–Crippen MR) is 82.9 cm³/mol. The van der Waals surface area contributed by atoms with Crippen molar-refractivity contribution < 1.29 is 9.59 Å². The molecule has 2 heterocycles. The minimum Gasteiger partial charge on any atom is -0.355 e. The van der Waals surface area contributed by atoms with Crippen molar-refractivity contribution in [3.63, 3.8) is 0 Å². The van der Waals surface area contributed by atoms with Crippen molar-refractivity contribution in [3.8, 4) is 0 Å². The zero-order valence-electron chi connectivity index (χ0n) is 13.2. The molecule has 0 saturated carbocycles. The monoisotopic (exact) mass is 291 g/mol. The number of hydrogen-bond donors (Lipinski definition) is 1. The topological polar surface area (TPSA) is 56.4 Å². The molecule has 5 heteroatoms. The highest BCUT2D eigenvalue weighted by molar-refractivity contribution is 5.99. The van der Waals surface area contributed by atoms with E-state index in [2.05, 4.69) is 23.7 Å². The Balaban J connectivity index is 2.17. The van der Waals surface area contributed by atoms with Crippen LogP contribution in [0.5, 0.6) is 0 Å². The van der Waals surface area contributed by atoms with E-state index in [1.807, 2.05) is 11.8 Å². The van der Waals surface area contributed by atoms with Gasteiger partial charge in [-0.3, -0.25) is 9.59 Å². The fourth-order valence-electron chi connectivity index (χ4n) is 3.00. The van der Waals surface area contributed by atoms with Gasteiger partial charge in [-0.1, -0.05) is 13.8 Å². The number of fused-ring (bicyclic) bond motifs is 1. The summed E-state index contributed by atoms with van der Waals surface area (Å²) < 4.78 is 0. The first-order valence-corrected chi connectivity index (χ1v) is 7.80. The van der Waals surface area contributed by atoms with Crippen molar-refractivity contribution in [2.24, 2.45) is 0 Å². The third kappa shape index (κ3) is 3.18. The molecule has 0 spiro atoms. The molecule has 1 aromatic heterocycles. The van der Waals surface area contributed by atoms with E-state index >= 15 is 0 Å². The maximum Gasteiger partial charge on any atom is 0.256 e. The number of aromatic nitrogens is 1. The number of carbonyl (C=O) groups is 2. The van der Waals surface area contributed by atoms with Crippen molar-refractivity contribution in [1.29, 1.82) is 0 Å². The van der Waals surface area contributed by atoms with Crippen LogP contribution >= 0.6 is 0 Å². The van der Waals surface area contributed by atoms with Gasteiger partial charge in [-0.15, -0.1) is 0 Å². The van der Waals surface area contributed by atoms with Gasteiger partial charge in [0, 0.05) is 25.3 Å². The highest BCUT2D eigenvalue weighted by Crippen LogP contribution is 2.23. The number of carbonyl (C=O) groups excluding carboxylic acids is 2. The SMILES string of the molecule is CCN(CC)CCN1CCCc2[nH]c(C=O)c(C)c2C1=O. The lowest BCUT2D eigenvalue weighted by Gasteiger charge is -2.25. The fraction of sp³-hybridized carbons (Fsp3) is 0.625. The molecule has 0 bridgehead atoms. The van der Waals surface area contributed by atoms with E-state index in [1.165, 1.54) is 0 Å². The second kappa shape index (κ2) is 6.89. The summed E-state index contributed by atoms with van der Waals surface area (Å²) in [7, 11) is 0. The van der Waals surface area contributed by atoms with Crippen molar-refractivity contribution in [2.75, 3.05) is 32.7 Å². The van der Waals surface area contributed by atoms with Gasteiger partial charge in [-0.25, -0.2) is 0 Å². The van der Waals surface area contributed by atoms with E-state index in [-0.39, 0.29) is 5.91 Å². The molecule has 0 aliphatic carbocycles. The number of nitrogens with one attached hydrogen (secondary N) is 1. The maximum absolute atomic E-state index is 12.7. The summed E-state index contributed by atoms with van der Waals surface area (Å²) in [5.41, 5.74) is 2.97. The van der Waals surface area contributed by atoms with Crippen LogP contribution in [0.4, 0.5) is 0 Å². The van der Waals surface area contributed by atoms with Crippen LogP contribution in [-0.4, -0.2) is 59.7 Å². The average Bonchev–Trinajstić information content (AvgIpc) is 2.72. The van der Waals surface area contributed by atoms with Crippen LogP contribution in [0.1, 0.15) is 52.4 Å².